The van der Waals surface area contributed by atoms with Crippen LogP contribution in [-0.2, 0) is 11.2 Å². The number of hydrogen-bond donors (Lipinski definition) is 1. The first-order chi connectivity index (χ1) is 9.06. The largest absolute Gasteiger partial charge is 0.370 e. The van der Waals surface area contributed by atoms with Crippen molar-refractivity contribution in [3.05, 3.63) is 40.3 Å². The van der Waals surface area contributed by atoms with Crippen molar-refractivity contribution in [1.29, 1.82) is 0 Å². The first-order valence-corrected chi connectivity index (χ1v) is 5.42. The molecule has 8 nitrogen and oxygen atoms in total. The molecule has 0 radical (unpaired) electrons. The van der Waals surface area contributed by atoms with E-state index in [1.807, 2.05) is 0 Å². The number of nitro benzene ring substituents is 1. The topological polar surface area (TPSA) is 125 Å². The van der Waals surface area contributed by atoms with Crippen molar-refractivity contribution in [1.82, 2.24) is 10.1 Å². The lowest BCUT2D eigenvalue weighted by Gasteiger charge is -1.94. The Hall–Kier alpha value is -2.77. The minimum Gasteiger partial charge on any atom is -0.370 e. The Morgan fingerprint density at radius 3 is 2.95 bits per heavy atom. The molecule has 0 spiro atoms. The normalized spacial score (nSPS) is 10.3. The summed E-state index contributed by atoms with van der Waals surface area (Å²) in [4.78, 5) is 24.8. The number of carbonyl (C=O) groups is 1. The fourth-order valence-electron chi connectivity index (χ4n) is 1.46. The van der Waals surface area contributed by atoms with Crippen LogP contribution in [0.2, 0.25) is 0 Å². The van der Waals surface area contributed by atoms with E-state index in [1.54, 1.807) is 6.07 Å². The van der Waals surface area contributed by atoms with Crippen LogP contribution in [0.4, 0.5) is 5.69 Å². The van der Waals surface area contributed by atoms with Crippen LogP contribution in [0.5, 0.6) is 0 Å². The van der Waals surface area contributed by atoms with E-state index in [1.165, 1.54) is 18.2 Å². The smallest absolute Gasteiger partial charge is 0.270 e. The highest BCUT2D eigenvalue weighted by Crippen LogP contribution is 2.21. The molecule has 1 heterocycles. The number of nitro groups is 1. The minimum atomic E-state index is -0.502. The number of amides is 1. The van der Waals surface area contributed by atoms with Crippen LogP contribution in [0.15, 0.2) is 28.8 Å². The second-order valence-corrected chi connectivity index (χ2v) is 3.79. The quantitative estimate of drug-likeness (QED) is 0.634. The number of aromatic nitrogens is 2. The van der Waals surface area contributed by atoms with Gasteiger partial charge in [-0.15, -0.1) is 0 Å². The third-order valence-electron chi connectivity index (χ3n) is 2.37. The Morgan fingerprint density at radius 1 is 1.47 bits per heavy atom. The highest BCUT2D eigenvalue weighted by atomic mass is 16.6. The fourth-order valence-corrected chi connectivity index (χ4v) is 1.46. The lowest BCUT2D eigenvalue weighted by molar-refractivity contribution is -0.384. The molecule has 2 aromatic rings. The molecule has 8 heteroatoms. The summed E-state index contributed by atoms with van der Waals surface area (Å²) < 4.78 is 4.93. The first kappa shape index (κ1) is 12.7. The van der Waals surface area contributed by atoms with Gasteiger partial charge < -0.3 is 10.3 Å². The van der Waals surface area contributed by atoms with Crippen LogP contribution in [-0.4, -0.2) is 21.0 Å². The molecule has 0 saturated heterocycles. The van der Waals surface area contributed by atoms with Gasteiger partial charge in [-0.1, -0.05) is 17.3 Å². The maximum Gasteiger partial charge on any atom is 0.270 e. The minimum absolute atomic E-state index is 0.0546. The van der Waals surface area contributed by atoms with Crippen LogP contribution in [0.25, 0.3) is 11.4 Å². The SMILES string of the molecule is NC(=O)CCc1nc(-c2cccc([N+](=O)[O-])c2)no1. The van der Waals surface area contributed by atoms with Gasteiger partial charge in [-0.25, -0.2) is 0 Å². The van der Waals surface area contributed by atoms with Crippen molar-refractivity contribution in [3.63, 3.8) is 0 Å². The number of primary amides is 1. The van der Waals surface area contributed by atoms with Crippen LogP contribution in [0.3, 0.4) is 0 Å². The second kappa shape index (κ2) is 5.25. The van der Waals surface area contributed by atoms with Crippen LogP contribution >= 0.6 is 0 Å². The van der Waals surface area contributed by atoms with Crippen LogP contribution in [0.1, 0.15) is 12.3 Å². The highest BCUT2D eigenvalue weighted by Gasteiger charge is 2.12. The van der Waals surface area contributed by atoms with Crippen molar-refractivity contribution in [2.24, 2.45) is 5.73 Å². The van der Waals surface area contributed by atoms with E-state index < -0.39 is 10.8 Å². The zero-order valence-corrected chi connectivity index (χ0v) is 9.78. The molecule has 19 heavy (non-hydrogen) atoms. The number of nitrogens with two attached hydrogens (primary N) is 1. The summed E-state index contributed by atoms with van der Waals surface area (Å²) in [5.41, 5.74) is 5.43. The van der Waals surface area contributed by atoms with Gasteiger partial charge >= 0.3 is 0 Å². The average molecular weight is 262 g/mol. The molecule has 0 aliphatic heterocycles. The van der Waals surface area contributed by atoms with Gasteiger partial charge in [0.1, 0.15) is 0 Å². The third kappa shape index (κ3) is 3.12. The van der Waals surface area contributed by atoms with E-state index in [2.05, 4.69) is 10.1 Å². The summed E-state index contributed by atoms with van der Waals surface area (Å²) in [6.07, 6.45) is 0.355. The van der Waals surface area contributed by atoms with Crippen molar-refractivity contribution in [2.75, 3.05) is 0 Å². The lowest BCUT2D eigenvalue weighted by Crippen LogP contribution is -2.11. The molecule has 0 aliphatic rings. The van der Waals surface area contributed by atoms with Gasteiger partial charge in [0.25, 0.3) is 5.69 Å². The molecule has 0 aliphatic carbocycles. The van der Waals surface area contributed by atoms with Gasteiger partial charge in [0.15, 0.2) is 0 Å². The van der Waals surface area contributed by atoms with E-state index >= 15 is 0 Å². The van der Waals surface area contributed by atoms with Crippen molar-refractivity contribution in [3.8, 4) is 11.4 Å². The highest BCUT2D eigenvalue weighted by molar-refractivity contribution is 5.73. The zero-order valence-electron chi connectivity index (χ0n) is 9.78. The molecule has 1 aromatic carbocycles. The Morgan fingerprint density at radius 2 is 2.26 bits per heavy atom. The van der Waals surface area contributed by atoms with E-state index in [-0.39, 0.29) is 30.2 Å². The molecule has 0 fully saturated rings. The number of aryl methyl sites for hydroxylation is 1. The van der Waals surface area contributed by atoms with Gasteiger partial charge in [-0.05, 0) is 0 Å². The lowest BCUT2D eigenvalue weighted by atomic mass is 10.2. The molecule has 1 amide bonds. The monoisotopic (exact) mass is 262 g/mol. The maximum atomic E-state index is 10.7. The number of nitrogens with zero attached hydrogens (tertiary/aromatic N) is 3. The molecule has 0 saturated carbocycles. The van der Waals surface area contributed by atoms with Crippen molar-refractivity contribution < 1.29 is 14.2 Å². The van der Waals surface area contributed by atoms with Crippen molar-refractivity contribution >= 4 is 11.6 Å². The van der Waals surface area contributed by atoms with E-state index in [4.69, 9.17) is 10.3 Å². The Bertz CT molecular complexity index is 623. The molecule has 2 rings (SSSR count). The van der Waals surface area contributed by atoms with E-state index in [0.717, 1.165) is 0 Å². The van der Waals surface area contributed by atoms with Gasteiger partial charge in [-0.2, -0.15) is 4.98 Å². The summed E-state index contributed by atoms with van der Waals surface area (Å²) in [7, 11) is 0. The summed E-state index contributed by atoms with van der Waals surface area (Å²) >= 11 is 0. The Balaban J connectivity index is 2.20. The van der Waals surface area contributed by atoms with E-state index in [0.29, 0.717) is 5.56 Å². The maximum absolute atomic E-state index is 10.7. The fraction of sp³-hybridized carbons (Fsp3) is 0.182. The predicted octanol–water partition coefficient (Wildman–Crippen LogP) is 1.06. The van der Waals surface area contributed by atoms with Gasteiger partial charge in [0.05, 0.1) is 4.92 Å². The summed E-state index contributed by atoms with van der Waals surface area (Å²) in [6, 6.07) is 5.89. The predicted molar refractivity (Wildman–Crippen MR) is 63.9 cm³/mol. The average Bonchev–Trinajstić information content (AvgIpc) is 2.85. The number of carbonyl (C=O) groups excluding carboxylic acids is 1. The van der Waals surface area contributed by atoms with Crippen LogP contribution in [0, 0.1) is 10.1 Å². The number of hydrogen-bond acceptors (Lipinski definition) is 6. The van der Waals surface area contributed by atoms with Gasteiger partial charge in [0.2, 0.25) is 17.6 Å². The zero-order chi connectivity index (χ0) is 13.8. The Kier molecular flexibility index (Phi) is 3.51. The van der Waals surface area contributed by atoms with Crippen LogP contribution < -0.4 is 5.73 Å². The first-order valence-electron chi connectivity index (χ1n) is 5.42. The molecule has 0 atom stereocenters. The standard InChI is InChI=1S/C11H10N4O4/c12-9(16)4-5-10-13-11(14-19-10)7-2-1-3-8(6-7)15(17)18/h1-3,6H,4-5H2,(H2,12,16). The molecular weight excluding hydrogens is 252 g/mol. The summed E-state index contributed by atoms with van der Waals surface area (Å²) in [5.74, 6) is 0.0403. The molecule has 0 unspecified atom stereocenters. The number of non-ortho nitro benzene ring substituents is 1. The Labute approximate surface area is 107 Å². The molecular formula is C11H10N4O4. The molecule has 1 aromatic heterocycles. The number of benzene rings is 1. The molecule has 98 valence electrons. The molecule has 2 N–H and O–H groups in total. The van der Waals surface area contributed by atoms with Gasteiger partial charge in [-0.3, -0.25) is 14.9 Å². The van der Waals surface area contributed by atoms with E-state index in [9.17, 15) is 14.9 Å². The molecule has 0 bridgehead atoms. The third-order valence-corrected chi connectivity index (χ3v) is 2.37. The van der Waals surface area contributed by atoms with Gasteiger partial charge in [0, 0.05) is 30.5 Å². The number of rotatable bonds is 5. The second-order valence-electron chi connectivity index (χ2n) is 3.79. The van der Waals surface area contributed by atoms with Crippen molar-refractivity contribution in [2.45, 2.75) is 12.8 Å². The summed E-state index contributed by atoms with van der Waals surface area (Å²) in [5, 5.41) is 14.4. The summed E-state index contributed by atoms with van der Waals surface area (Å²) in [6.45, 7) is 0.